The Balaban J connectivity index is 0.789. The molecule has 5 aromatic rings. The number of imide groups is 1. The molecule has 0 saturated carbocycles. The first-order chi connectivity index (χ1) is 27.7. The van der Waals surface area contributed by atoms with Crippen molar-refractivity contribution in [3.8, 4) is 0 Å². The van der Waals surface area contributed by atoms with Crippen LogP contribution in [0.3, 0.4) is 0 Å². The zero-order valence-corrected chi connectivity index (χ0v) is 33.0. The van der Waals surface area contributed by atoms with Crippen LogP contribution in [0.4, 0.5) is 0 Å². The van der Waals surface area contributed by atoms with Crippen LogP contribution in [0.25, 0.3) is 27.5 Å². The highest BCUT2D eigenvalue weighted by Gasteiger charge is 2.31. The number of nitrogens with zero attached hydrogens (tertiary/aromatic N) is 7. The number of benzene rings is 2. The van der Waals surface area contributed by atoms with Crippen molar-refractivity contribution in [2.75, 3.05) is 26.7 Å². The van der Waals surface area contributed by atoms with Gasteiger partial charge in [-0.05, 0) is 73.1 Å². The van der Waals surface area contributed by atoms with Gasteiger partial charge in [-0.2, -0.15) is 0 Å². The molecule has 0 bridgehead atoms. The highest BCUT2D eigenvalue weighted by atomic mass is 16.2. The van der Waals surface area contributed by atoms with Crippen molar-refractivity contribution in [1.29, 1.82) is 0 Å². The quantitative estimate of drug-likeness (QED) is 0.0928. The standard InChI is InChI=1S/C43H53N9O5/c1-48(42(56)35-28-32-16-15-31(27-34(32)45-35)33-13-11-23-50(29-33)40(54)20-24-51-25-21-44-47-51)22-10-8-6-4-3-5-7-9-12-30-14-17-36-38(26-30)49(2)43(57)52(36)37-18-19-39(53)46-41(37)55/h13-17,21,25-28,37,45H,3-12,18-20,22-24,29H2,1-2H3,(H,46,53,55). The lowest BCUT2D eigenvalue weighted by Crippen LogP contribution is -2.44. The second-order valence-corrected chi connectivity index (χ2v) is 15.5. The molecule has 300 valence electrons. The van der Waals surface area contributed by atoms with Crippen LogP contribution in [0, 0.1) is 0 Å². The molecule has 14 heteroatoms. The third-order valence-electron chi connectivity index (χ3n) is 11.5. The van der Waals surface area contributed by atoms with Crippen molar-refractivity contribution in [2.45, 2.75) is 96.1 Å². The van der Waals surface area contributed by atoms with Gasteiger partial charge in [-0.25, -0.2) is 4.79 Å². The summed E-state index contributed by atoms with van der Waals surface area (Å²) in [6.45, 7) is 2.49. The molecule has 2 N–H and O–H groups in total. The van der Waals surface area contributed by atoms with Crippen LogP contribution in [-0.4, -0.2) is 89.2 Å². The zero-order valence-electron chi connectivity index (χ0n) is 33.0. The molecule has 0 radical (unpaired) electrons. The Hall–Kier alpha value is -5.79. The lowest BCUT2D eigenvalue weighted by Gasteiger charge is -2.28. The van der Waals surface area contributed by atoms with Crippen molar-refractivity contribution < 1.29 is 19.2 Å². The molecule has 5 heterocycles. The molecule has 2 aliphatic rings. The number of rotatable bonds is 17. The van der Waals surface area contributed by atoms with Gasteiger partial charge in [0.15, 0.2) is 0 Å². The van der Waals surface area contributed by atoms with Crippen molar-refractivity contribution in [1.82, 2.24) is 44.2 Å². The third-order valence-corrected chi connectivity index (χ3v) is 11.5. The molecule has 1 saturated heterocycles. The largest absolute Gasteiger partial charge is 0.351 e. The summed E-state index contributed by atoms with van der Waals surface area (Å²) in [4.78, 5) is 70.4. The summed E-state index contributed by atoms with van der Waals surface area (Å²) in [5.74, 6) is -0.621. The van der Waals surface area contributed by atoms with E-state index in [1.165, 1.54) is 29.4 Å². The fourth-order valence-electron chi connectivity index (χ4n) is 8.17. The van der Waals surface area contributed by atoms with E-state index in [1.54, 1.807) is 33.6 Å². The number of carbonyl (C=O) groups is 4. The van der Waals surface area contributed by atoms with Gasteiger partial charge in [-0.15, -0.1) is 5.10 Å². The predicted molar refractivity (Wildman–Crippen MR) is 218 cm³/mol. The number of fused-ring (bicyclic) bond motifs is 2. The number of aromatic nitrogens is 6. The number of hydrogen-bond donors (Lipinski definition) is 2. The monoisotopic (exact) mass is 775 g/mol. The summed E-state index contributed by atoms with van der Waals surface area (Å²) in [6, 6.07) is 13.5. The molecule has 0 aliphatic carbocycles. The van der Waals surface area contributed by atoms with Crippen LogP contribution in [0.2, 0.25) is 0 Å². The van der Waals surface area contributed by atoms with Crippen LogP contribution >= 0.6 is 0 Å². The van der Waals surface area contributed by atoms with E-state index in [9.17, 15) is 24.0 Å². The minimum absolute atomic E-state index is 0.0120. The van der Waals surface area contributed by atoms with Gasteiger partial charge < -0.3 is 14.8 Å². The maximum atomic E-state index is 13.3. The van der Waals surface area contributed by atoms with Crippen LogP contribution in [0.5, 0.6) is 0 Å². The van der Waals surface area contributed by atoms with E-state index in [-0.39, 0.29) is 29.8 Å². The number of piperidine rings is 1. The summed E-state index contributed by atoms with van der Waals surface area (Å²) < 4.78 is 4.79. The minimum atomic E-state index is -0.670. The third kappa shape index (κ3) is 9.27. The average Bonchev–Trinajstić information content (AvgIpc) is 3.96. The second-order valence-electron chi connectivity index (χ2n) is 15.5. The summed E-state index contributed by atoms with van der Waals surface area (Å²) in [5.41, 5.74) is 6.11. The Morgan fingerprint density at radius 1 is 0.930 bits per heavy atom. The molecule has 14 nitrogen and oxygen atoms in total. The summed E-state index contributed by atoms with van der Waals surface area (Å²) >= 11 is 0. The number of H-pyrrole nitrogens is 1. The number of unbranched alkanes of at least 4 members (excludes halogenated alkanes) is 7. The molecular formula is C43H53N9O5. The first-order valence-electron chi connectivity index (χ1n) is 20.4. The molecule has 2 aromatic carbocycles. The Labute approximate surface area is 331 Å². The molecule has 4 amide bonds. The number of aryl methyl sites for hydroxylation is 3. The van der Waals surface area contributed by atoms with E-state index < -0.39 is 11.9 Å². The first-order valence-corrected chi connectivity index (χ1v) is 20.4. The van der Waals surface area contributed by atoms with Gasteiger partial charge in [0, 0.05) is 63.7 Å². The van der Waals surface area contributed by atoms with Gasteiger partial charge in [-0.1, -0.05) is 68.0 Å². The van der Waals surface area contributed by atoms with Crippen molar-refractivity contribution in [3.63, 3.8) is 0 Å². The Bertz CT molecular complexity index is 2330. The van der Waals surface area contributed by atoms with Crippen molar-refractivity contribution in [3.05, 3.63) is 88.2 Å². The zero-order chi connectivity index (χ0) is 39.9. The smallest absolute Gasteiger partial charge is 0.329 e. The molecule has 1 atom stereocenters. The number of amides is 4. The first kappa shape index (κ1) is 39.4. The lowest BCUT2D eigenvalue weighted by atomic mass is 10.00. The topological polar surface area (TPSA) is 160 Å². The second kappa shape index (κ2) is 18.0. The molecule has 1 fully saturated rings. The van der Waals surface area contributed by atoms with E-state index in [2.05, 4.69) is 44.9 Å². The number of hydrogen-bond acceptors (Lipinski definition) is 7. The Morgan fingerprint density at radius 3 is 2.49 bits per heavy atom. The fraction of sp³-hybridized carbons (Fsp3) is 0.465. The Kier molecular flexibility index (Phi) is 12.4. The number of aromatic amines is 1. The lowest BCUT2D eigenvalue weighted by molar-refractivity contribution is -0.136. The summed E-state index contributed by atoms with van der Waals surface area (Å²) in [7, 11) is 3.60. The molecule has 2 aliphatic heterocycles. The van der Waals surface area contributed by atoms with E-state index in [0.29, 0.717) is 44.7 Å². The highest BCUT2D eigenvalue weighted by molar-refractivity contribution is 6.00. The van der Waals surface area contributed by atoms with Crippen LogP contribution < -0.4 is 11.0 Å². The van der Waals surface area contributed by atoms with Crippen LogP contribution in [0.15, 0.2) is 65.7 Å². The number of nitrogens with one attached hydrogen (secondary N) is 2. The summed E-state index contributed by atoms with van der Waals surface area (Å²) in [6.07, 6.45) is 17.2. The highest BCUT2D eigenvalue weighted by Crippen LogP contribution is 2.27. The normalized spacial score (nSPS) is 16.0. The van der Waals surface area contributed by atoms with Gasteiger partial charge in [0.1, 0.15) is 11.7 Å². The van der Waals surface area contributed by atoms with E-state index >= 15 is 0 Å². The van der Waals surface area contributed by atoms with Gasteiger partial charge in [0.25, 0.3) is 5.91 Å². The van der Waals surface area contributed by atoms with E-state index in [4.69, 9.17) is 0 Å². The molecule has 0 spiro atoms. The van der Waals surface area contributed by atoms with E-state index in [0.717, 1.165) is 78.0 Å². The number of carbonyl (C=O) groups excluding carboxylic acids is 4. The van der Waals surface area contributed by atoms with Crippen LogP contribution in [0.1, 0.15) is 105 Å². The van der Waals surface area contributed by atoms with Gasteiger partial charge in [-0.3, -0.25) is 38.3 Å². The SMILES string of the molecule is CN(CCCCCCCCCCc1ccc2c(c1)n(C)c(=O)n2C1CCC(=O)NC1=O)C(=O)c1cc2ccc(C3=CCCN(C(=O)CCn4ccnn4)C3)cc2[nH]1. The van der Waals surface area contributed by atoms with E-state index in [1.807, 2.05) is 36.2 Å². The maximum absolute atomic E-state index is 13.3. The van der Waals surface area contributed by atoms with Crippen molar-refractivity contribution in [2.24, 2.45) is 7.05 Å². The molecule has 3 aromatic heterocycles. The molecule has 1 unspecified atom stereocenters. The fourth-order valence-corrected chi connectivity index (χ4v) is 8.17. The number of imidazole rings is 1. The molecule has 57 heavy (non-hydrogen) atoms. The molecular weight excluding hydrogens is 723 g/mol. The predicted octanol–water partition coefficient (Wildman–Crippen LogP) is 5.53. The van der Waals surface area contributed by atoms with Crippen molar-refractivity contribution >= 4 is 51.1 Å². The molecule has 7 rings (SSSR count). The minimum Gasteiger partial charge on any atom is -0.351 e. The average molecular weight is 776 g/mol. The summed E-state index contributed by atoms with van der Waals surface area (Å²) in [5, 5.41) is 11.1. The van der Waals surface area contributed by atoms with Gasteiger partial charge in [0.05, 0.1) is 23.8 Å². The van der Waals surface area contributed by atoms with Gasteiger partial charge >= 0.3 is 5.69 Å². The van der Waals surface area contributed by atoms with Gasteiger partial charge in [0.2, 0.25) is 17.7 Å². The van der Waals surface area contributed by atoms with Crippen LogP contribution in [-0.2, 0) is 34.4 Å². The Morgan fingerprint density at radius 2 is 1.72 bits per heavy atom. The maximum Gasteiger partial charge on any atom is 0.329 e.